The summed E-state index contributed by atoms with van der Waals surface area (Å²) < 4.78 is 11.5. The average molecular weight is 359 g/mol. The molecule has 0 unspecified atom stereocenters. The Bertz CT molecular complexity index is 957. The van der Waals surface area contributed by atoms with Gasteiger partial charge in [0.2, 0.25) is 5.88 Å². The van der Waals surface area contributed by atoms with Crippen LogP contribution in [0, 0.1) is 11.3 Å². The number of pyridine rings is 1. The number of rotatable bonds is 5. The van der Waals surface area contributed by atoms with E-state index < -0.39 is 0 Å². The maximum atomic E-state index is 9.48. The van der Waals surface area contributed by atoms with Gasteiger partial charge in [-0.05, 0) is 55.2 Å². The zero-order chi connectivity index (χ0) is 18.6. The second-order valence-electron chi connectivity index (χ2n) is 6.50. The minimum atomic E-state index is 0.281. The molecule has 0 saturated heterocycles. The molecule has 4 rings (SSSR count). The van der Waals surface area contributed by atoms with Crippen molar-refractivity contribution in [2.75, 3.05) is 19.7 Å². The van der Waals surface area contributed by atoms with Gasteiger partial charge >= 0.3 is 0 Å². The van der Waals surface area contributed by atoms with Gasteiger partial charge in [-0.3, -0.25) is 0 Å². The molecule has 0 fully saturated rings. The molecule has 136 valence electrons. The molecule has 0 saturated carbocycles. The summed E-state index contributed by atoms with van der Waals surface area (Å²) >= 11 is 0. The van der Waals surface area contributed by atoms with Crippen molar-refractivity contribution in [1.82, 2.24) is 9.88 Å². The van der Waals surface area contributed by atoms with E-state index in [1.54, 1.807) is 12.3 Å². The van der Waals surface area contributed by atoms with Gasteiger partial charge in [0.25, 0.3) is 0 Å². The van der Waals surface area contributed by atoms with Crippen LogP contribution in [0.5, 0.6) is 17.4 Å². The molecular formula is C22H21N3O2. The summed E-state index contributed by atoms with van der Waals surface area (Å²) in [7, 11) is 0. The summed E-state index contributed by atoms with van der Waals surface area (Å²) in [6, 6.07) is 9.97. The number of hydrogen-bond donors (Lipinski definition) is 0. The molecule has 2 aromatic rings. The van der Waals surface area contributed by atoms with E-state index in [0.29, 0.717) is 23.7 Å². The molecule has 1 aromatic heterocycles. The molecule has 0 radical (unpaired) electrons. The molecule has 0 amide bonds. The zero-order valence-electron chi connectivity index (χ0n) is 15.3. The summed E-state index contributed by atoms with van der Waals surface area (Å²) in [6.45, 7) is 4.39. The maximum absolute atomic E-state index is 9.48. The van der Waals surface area contributed by atoms with Crippen LogP contribution in [-0.4, -0.2) is 29.6 Å². The smallest absolute Gasteiger partial charge is 0.241 e. The predicted octanol–water partition coefficient (Wildman–Crippen LogP) is 4.00. The van der Waals surface area contributed by atoms with E-state index >= 15 is 0 Å². The van der Waals surface area contributed by atoms with Gasteiger partial charge in [-0.1, -0.05) is 12.1 Å². The number of nitriles is 1. The normalized spacial score (nSPS) is 15.1. The maximum Gasteiger partial charge on any atom is 0.241 e. The summed E-state index contributed by atoms with van der Waals surface area (Å²) in [5.41, 5.74) is 4.28. The van der Waals surface area contributed by atoms with Gasteiger partial charge in [0.05, 0.1) is 6.61 Å². The van der Waals surface area contributed by atoms with Gasteiger partial charge < -0.3 is 14.4 Å². The lowest BCUT2D eigenvalue weighted by Gasteiger charge is -2.26. The van der Waals surface area contributed by atoms with Gasteiger partial charge in [-0.25, -0.2) is 4.98 Å². The van der Waals surface area contributed by atoms with Crippen LogP contribution in [0.25, 0.3) is 0 Å². The predicted molar refractivity (Wildman–Crippen MR) is 103 cm³/mol. The van der Waals surface area contributed by atoms with E-state index in [1.807, 2.05) is 13.0 Å². The SMILES string of the molecule is CCOc1ccnc(Oc2ccc3c(c2)CCN(C2=CC=C2)CC3)c1C#N. The minimum Gasteiger partial charge on any atom is -0.492 e. The Labute approximate surface area is 159 Å². The second kappa shape index (κ2) is 7.55. The minimum absolute atomic E-state index is 0.281. The lowest BCUT2D eigenvalue weighted by atomic mass is 10.0. The molecule has 0 bridgehead atoms. The molecule has 0 spiro atoms. The van der Waals surface area contributed by atoms with Gasteiger partial charge in [-0.15, -0.1) is 0 Å². The quantitative estimate of drug-likeness (QED) is 0.808. The van der Waals surface area contributed by atoms with Gasteiger partial charge in [0.1, 0.15) is 17.6 Å². The molecule has 27 heavy (non-hydrogen) atoms. The third-order valence-electron chi connectivity index (χ3n) is 4.88. The molecule has 0 atom stereocenters. The van der Waals surface area contributed by atoms with Crippen LogP contribution < -0.4 is 9.47 Å². The molecule has 2 aliphatic rings. The Balaban J connectivity index is 1.55. The Morgan fingerprint density at radius 3 is 2.70 bits per heavy atom. The van der Waals surface area contributed by atoms with Crippen LogP contribution in [0.3, 0.4) is 0 Å². The van der Waals surface area contributed by atoms with Crippen molar-refractivity contribution < 1.29 is 9.47 Å². The topological polar surface area (TPSA) is 58.4 Å². The van der Waals surface area contributed by atoms with E-state index in [0.717, 1.165) is 25.9 Å². The molecule has 5 nitrogen and oxygen atoms in total. The summed E-state index contributed by atoms with van der Waals surface area (Å²) in [4.78, 5) is 6.64. The highest BCUT2D eigenvalue weighted by atomic mass is 16.5. The molecule has 1 aliphatic carbocycles. The van der Waals surface area contributed by atoms with Gasteiger partial charge in [-0.2, -0.15) is 5.26 Å². The molecule has 1 aliphatic heterocycles. The van der Waals surface area contributed by atoms with Crippen LogP contribution in [0.15, 0.2) is 54.4 Å². The molecule has 0 N–H and O–H groups in total. The number of aromatic nitrogens is 1. The van der Waals surface area contributed by atoms with E-state index in [-0.39, 0.29) is 5.88 Å². The lowest BCUT2D eigenvalue weighted by molar-refractivity contribution is 0.335. The Hall–Kier alpha value is -3.26. The fourth-order valence-electron chi connectivity index (χ4n) is 3.41. The van der Waals surface area contributed by atoms with Crippen molar-refractivity contribution in [3.8, 4) is 23.4 Å². The highest BCUT2D eigenvalue weighted by Crippen LogP contribution is 2.31. The Morgan fingerprint density at radius 1 is 1.19 bits per heavy atom. The summed E-state index contributed by atoms with van der Waals surface area (Å²) in [5.74, 6) is 1.48. The number of allylic oxidation sites excluding steroid dienone is 3. The third-order valence-corrected chi connectivity index (χ3v) is 4.88. The van der Waals surface area contributed by atoms with Crippen molar-refractivity contribution in [1.29, 1.82) is 5.26 Å². The number of benzene rings is 1. The Morgan fingerprint density at radius 2 is 2.00 bits per heavy atom. The number of fused-ring (bicyclic) bond motifs is 1. The molecular weight excluding hydrogens is 338 g/mol. The largest absolute Gasteiger partial charge is 0.492 e. The van der Waals surface area contributed by atoms with Crippen LogP contribution in [-0.2, 0) is 12.8 Å². The second-order valence-corrected chi connectivity index (χ2v) is 6.50. The first kappa shape index (κ1) is 17.2. The first-order valence-electron chi connectivity index (χ1n) is 9.23. The zero-order valence-corrected chi connectivity index (χ0v) is 15.3. The molecule has 1 aromatic carbocycles. The van der Waals surface area contributed by atoms with Crippen molar-refractivity contribution in [2.24, 2.45) is 0 Å². The highest BCUT2D eigenvalue weighted by Gasteiger charge is 2.18. The van der Waals surface area contributed by atoms with E-state index in [1.165, 1.54) is 16.8 Å². The summed E-state index contributed by atoms with van der Waals surface area (Å²) in [5, 5.41) is 9.48. The van der Waals surface area contributed by atoms with Crippen molar-refractivity contribution >= 4 is 0 Å². The van der Waals surface area contributed by atoms with E-state index in [2.05, 4.69) is 46.3 Å². The number of nitrogens with zero attached hydrogens (tertiary/aromatic N) is 3. The van der Waals surface area contributed by atoms with E-state index in [4.69, 9.17) is 9.47 Å². The Kier molecular flexibility index (Phi) is 4.80. The van der Waals surface area contributed by atoms with Crippen LogP contribution in [0.1, 0.15) is 23.6 Å². The first-order chi connectivity index (χ1) is 13.3. The van der Waals surface area contributed by atoms with Crippen LogP contribution >= 0.6 is 0 Å². The summed E-state index contributed by atoms with van der Waals surface area (Å²) in [6.07, 6.45) is 9.98. The highest BCUT2D eigenvalue weighted by molar-refractivity contribution is 5.50. The lowest BCUT2D eigenvalue weighted by Crippen LogP contribution is -2.26. The fraction of sp³-hybridized carbons (Fsp3) is 0.273. The van der Waals surface area contributed by atoms with Crippen molar-refractivity contribution in [2.45, 2.75) is 19.8 Å². The molecule has 2 heterocycles. The fourth-order valence-corrected chi connectivity index (χ4v) is 3.41. The van der Waals surface area contributed by atoms with Crippen LogP contribution in [0.2, 0.25) is 0 Å². The number of ether oxygens (including phenoxy) is 2. The van der Waals surface area contributed by atoms with Crippen LogP contribution in [0.4, 0.5) is 0 Å². The third kappa shape index (κ3) is 3.52. The first-order valence-corrected chi connectivity index (χ1v) is 9.23. The van der Waals surface area contributed by atoms with Gasteiger partial charge in [0.15, 0.2) is 5.56 Å². The molecule has 5 heteroatoms. The van der Waals surface area contributed by atoms with Crippen molar-refractivity contribution in [3.05, 3.63) is 71.1 Å². The monoisotopic (exact) mass is 359 g/mol. The number of hydrogen-bond acceptors (Lipinski definition) is 5. The standard InChI is InChI=1S/C22H21N3O2/c1-2-26-21-8-11-24-22(20(21)15-23)27-19-7-6-16-9-12-25(18-4-3-5-18)13-10-17(16)14-19/h3-8,11,14H,2,9-10,12-13H2,1H3. The average Bonchev–Trinajstić information content (AvgIpc) is 2.84. The van der Waals surface area contributed by atoms with Gasteiger partial charge in [0, 0.05) is 31.0 Å². The van der Waals surface area contributed by atoms with Crippen molar-refractivity contribution in [3.63, 3.8) is 0 Å². The van der Waals surface area contributed by atoms with E-state index in [9.17, 15) is 5.26 Å².